The summed E-state index contributed by atoms with van der Waals surface area (Å²) in [5.41, 5.74) is -3.76. The summed E-state index contributed by atoms with van der Waals surface area (Å²) in [7, 11) is 0. The standard InChI is InChI=1S/C17H12F4N4O6/c18-12-5-9(1-3-14(12)25(30)31)8-22-15(26)7-16(27)23-10-2-4-13(24(28)29)11(6-10)17(19,20)21/h1-6H,7-8H2,(H,22,26)(H,23,27). The summed E-state index contributed by atoms with van der Waals surface area (Å²) in [6.45, 7) is -0.267. The number of nitrogens with zero attached hydrogens (tertiary/aromatic N) is 2. The summed E-state index contributed by atoms with van der Waals surface area (Å²) in [5.74, 6) is -2.99. The van der Waals surface area contributed by atoms with Crippen molar-refractivity contribution < 1.29 is 37.0 Å². The van der Waals surface area contributed by atoms with Crippen LogP contribution in [0.25, 0.3) is 0 Å². The minimum atomic E-state index is -5.04. The van der Waals surface area contributed by atoms with Crippen LogP contribution >= 0.6 is 0 Å². The van der Waals surface area contributed by atoms with Gasteiger partial charge in [-0.15, -0.1) is 0 Å². The van der Waals surface area contributed by atoms with Crippen LogP contribution < -0.4 is 10.6 Å². The molecule has 14 heteroatoms. The Balaban J connectivity index is 1.98. The van der Waals surface area contributed by atoms with Crippen molar-refractivity contribution >= 4 is 28.9 Å². The van der Waals surface area contributed by atoms with Crippen molar-refractivity contribution in [2.24, 2.45) is 0 Å². The summed E-state index contributed by atoms with van der Waals surface area (Å²) in [5, 5.41) is 25.5. The average molecular weight is 444 g/mol. The third-order valence-corrected chi connectivity index (χ3v) is 3.80. The second-order valence-electron chi connectivity index (χ2n) is 6.03. The molecule has 2 aromatic rings. The summed E-state index contributed by atoms with van der Waals surface area (Å²) >= 11 is 0. The zero-order valence-corrected chi connectivity index (χ0v) is 15.2. The highest BCUT2D eigenvalue weighted by Gasteiger charge is 2.38. The van der Waals surface area contributed by atoms with Crippen molar-refractivity contribution in [3.05, 3.63) is 73.6 Å². The molecule has 31 heavy (non-hydrogen) atoms. The Morgan fingerprint density at radius 1 is 0.935 bits per heavy atom. The summed E-state index contributed by atoms with van der Waals surface area (Å²) < 4.78 is 52.4. The highest BCUT2D eigenvalue weighted by atomic mass is 19.4. The number of hydrogen-bond donors (Lipinski definition) is 2. The summed E-state index contributed by atoms with van der Waals surface area (Å²) in [6, 6.07) is 4.74. The van der Waals surface area contributed by atoms with Gasteiger partial charge in [-0.3, -0.25) is 29.8 Å². The molecule has 0 aliphatic heterocycles. The van der Waals surface area contributed by atoms with Gasteiger partial charge in [0.25, 0.3) is 5.69 Å². The van der Waals surface area contributed by atoms with Gasteiger partial charge in [-0.1, -0.05) is 6.07 Å². The van der Waals surface area contributed by atoms with E-state index >= 15 is 0 Å². The molecule has 0 spiro atoms. The van der Waals surface area contributed by atoms with E-state index in [1.807, 2.05) is 5.32 Å². The van der Waals surface area contributed by atoms with Crippen molar-refractivity contribution in [1.29, 1.82) is 0 Å². The molecule has 0 radical (unpaired) electrons. The minimum absolute atomic E-state index is 0.169. The summed E-state index contributed by atoms with van der Waals surface area (Å²) in [6.07, 6.45) is -5.85. The average Bonchev–Trinajstić information content (AvgIpc) is 2.65. The molecule has 0 aromatic heterocycles. The van der Waals surface area contributed by atoms with Gasteiger partial charge in [0.1, 0.15) is 12.0 Å². The molecule has 0 heterocycles. The first kappa shape index (κ1) is 23.2. The zero-order chi connectivity index (χ0) is 23.3. The maximum Gasteiger partial charge on any atom is 0.423 e. The smallest absolute Gasteiger partial charge is 0.352 e. The van der Waals surface area contributed by atoms with E-state index in [0.29, 0.717) is 12.1 Å². The fourth-order valence-electron chi connectivity index (χ4n) is 2.42. The van der Waals surface area contributed by atoms with E-state index in [4.69, 9.17) is 0 Å². The molecule has 2 amide bonds. The molecule has 0 saturated carbocycles. The van der Waals surface area contributed by atoms with Gasteiger partial charge in [-0.05, 0) is 23.8 Å². The van der Waals surface area contributed by atoms with E-state index in [0.717, 1.165) is 18.2 Å². The van der Waals surface area contributed by atoms with Gasteiger partial charge >= 0.3 is 11.9 Å². The SMILES string of the molecule is O=C(CC(=O)Nc1ccc([N+](=O)[O-])c(C(F)(F)F)c1)NCc1ccc([N+](=O)[O-])c(F)c1. The number of amides is 2. The number of rotatable bonds is 7. The number of hydrogen-bond acceptors (Lipinski definition) is 6. The first-order chi connectivity index (χ1) is 14.4. The van der Waals surface area contributed by atoms with Gasteiger partial charge in [0.15, 0.2) is 0 Å². The molecule has 0 unspecified atom stereocenters. The normalized spacial score (nSPS) is 11.0. The molecule has 2 N–H and O–H groups in total. The molecule has 10 nitrogen and oxygen atoms in total. The van der Waals surface area contributed by atoms with Crippen molar-refractivity contribution in [2.75, 3.05) is 5.32 Å². The Hall–Kier alpha value is -4.10. The Morgan fingerprint density at radius 3 is 2.10 bits per heavy atom. The lowest BCUT2D eigenvalue weighted by Gasteiger charge is -2.11. The maximum absolute atomic E-state index is 13.5. The minimum Gasteiger partial charge on any atom is -0.352 e. The van der Waals surface area contributed by atoms with Gasteiger partial charge in [-0.2, -0.15) is 17.6 Å². The quantitative estimate of drug-likeness (QED) is 0.290. The first-order valence-electron chi connectivity index (χ1n) is 8.23. The van der Waals surface area contributed by atoms with E-state index < -0.39 is 62.7 Å². The molecule has 2 aromatic carbocycles. The van der Waals surface area contributed by atoms with Crippen molar-refractivity contribution in [1.82, 2.24) is 5.32 Å². The van der Waals surface area contributed by atoms with E-state index in [9.17, 15) is 47.4 Å². The lowest BCUT2D eigenvalue weighted by atomic mass is 10.1. The van der Waals surface area contributed by atoms with Gasteiger partial charge in [-0.25, -0.2) is 0 Å². The first-order valence-corrected chi connectivity index (χ1v) is 8.23. The topological polar surface area (TPSA) is 144 Å². The molecule has 2 rings (SSSR count). The number of nitrogens with one attached hydrogen (secondary N) is 2. The van der Waals surface area contributed by atoms with Crippen LogP contribution in [0.15, 0.2) is 36.4 Å². The number of carbonyl (C=O) groups is 2. The van der Waals surface area contributed by atoms with Crippen LogP contribution in [0.4, 0.5) is 34.6 Å². The van der Waals surface area contributed by atoms with E-state index in [1.54, 1.807) is 0 Å². The van der Waals surface area contributed by atoms with Gasteiger partial charge in [0.2, 0.25) is 17.6 Å². The molecule has 0 aliphatic rings. The predicted molar refractivity (Wildman–Crippen MR) is 96.2 cm³/mol. The molecule has 0 aliphatic carbocycles. The van der Waals surface area contributed by atoms with Crippen LogP contribution in [0.1, 0.15) is 17.5 Å². The van der Waals surface area contributed by atoms with Crippen LogP contribution in [0.3, 0.4) is 0 Å². The molecule has 0 bridgehead atoms. The number of carbonyl (C=O) groups excluding carboxylic acids is 2. The fraction of sp³-hybridized carbons (Fsp3) is 0.176. The highest BCUT2D eigenvalue weighted by molar-refractivity contribution is 6.03. The zero-order valence-electron chi connectivity index (χ0n) is 15.2. The Morgan fingerprint density at radius 2 is 1.55 bits per heavy atom. The maximum atomic E-state index is 13.5. The van der Waals surface area contributed by atoms with Crippen LogP contribution in [0.5, 0.6) is 0 Å². The highest BCUT2D eigenvalue weighted by Crippen LogP contribution is 2.37. The number of halogens is 4. The number of alkyl halides is 3. The van der Waals surface area contributed by atoms with E-state index in [2.05, 4.69) is 5.32 Å². The number of nitro benzene ring substituents is 2. The monoisotopic (exact) mass is 444 g/mol. The second-order valence-corrected chi connectivity index (χ2v) is 6.03. The van der Waals surface area contributed by atoms with Crippen molar-refractivity contribution in [3.63, 3.8) is 0 Å². The van der Waals surface area contributed by atoms with Crippen LogP contribution in [0.2, 0.25) is 0 Å². The molecule has 0 atom stereocenters. The number of benzene rings is 2. The van der Waals surface area contributed by atoms with Crippen molar-refractivity contribution in [3.8, 4) is 0 Å². The molecule has 0 saturated heterocycles. The third-order valence-electron chi connectivity index (χ3n) is 3.80. The predicted octanol–water partition coefficient (Wildman–Crippen LogP) is 3.31. The van der Waals surface area contributed by atoms with Crippen molar-refractivity contribution in [2.45, 2.75) is 19.1 Å². The molecule has 164 valence electrons. The Bertz CT molecular complexity index is 1060. The van der Waals surface area contributed by atoms with Crippen LogP contribution in [-0.4, -0.2) is 21.7 Å². The second kappa shape index (κ2) is 9.15. The van der Waals surface area contributed by atoms with E-state index in [-0.39, 0.29) is 12.1 Å². The summed E-state index contributed by atoms with van der Waals surface area (Å²) in [4.78, 5) is 42.8. The van der Waals surface area contributed by atoms with Gasteiger partial charge in [0.05, 0.1) is 9.85 Å². The fourth-order valence-corrected chi connectivity index (χ4v) is 2.42. The Kier molecular flexibility index (Phi) is 6.84. The van der Waals surface area contributed by atoms with Crippen LogP contribution in [0, 0.1) is 26.0 Å². The molecule has 0 fully saturated rings. The Labute approximate surface area is 170 Å². The van der Waals surface area contributed by atoms with Gasteiger partial charge in [0, 0.05) is 24.4 Å². The third kappa shape index (κ3) is 6.19. The lowest BCUT2D eigenvalue weighted by molar-refractivity contribution is -0.388. The molecular weight excluding hydrogens is 432 g/mol. The molecular formula is C17H12F4N4O6. The number of nitro groups is 2. The largest absolute Gasteiger partial charge is 0.423 e. The lowest BCUT2D eigenvalue weighted by Crippen LogP contribution is -2.27. The van der Waals surface area contributed by atoms with Crippen LogP contribution in [-0.2, 0) is 22.3 Å². The van der Waals surface area contributed by atoms with E-state index in [1.165, 1.54) is 6.07 Å². The van der Waals surface area contributed by atoms with Gasteiger partial charge < -0.3 is 10.6 Å². The number of anilines is 1.